The number of anilines is 1. The van der Waals surface area contributed by atoms with Crippen LogP contribution in [0.25, 0.3) is 0 Å². The van der Waals surface area contributed by atoms with Crippen LogP contribution < -0.4 is 10.2 Å². The number of nitrogens with one attached hydrogen (secondary N) is 1. The minimum absolute atomic E-state index is 0.178. The zero-order valence-corrected chi connectivity index (χ0v) is 14.3. The Bertz CT molecular complexity index is 527. The Morgan fingerprint density at radius 2 is 2.05 bits per heavy atom. The van der Waals surface area contributed by atoms with Crippen molar-refractivity contribution in [3.8, 4) is 0 Å². The fourth-order valence-corrected chi connectivity index (χ4v) is 4.95. The van der Waals surface area contributed by atoms with Crippen LogP contribution >= 0.6 is 11.3 Å². The molecule has 2 aliphatic carbocycles. The van der Waals surface area contributed by atoms with E-state index in [1.807, 2.05) is 11.3 Å². The topological polar surface area (TPSA) is 28.2 Å². The van der Waals surface area contributed by atoms with Gasteiger partial charge in [-0.05, 0) is 58.8 Å². The molecule has 21 heavy (non-hydrogen) atoms. The standard InChI is InChI=1S/C17H27N3S/c1-17(2,3)18-9-14-15(12-5-6-12)19-16(21-14)20-10-11-4-7-13(20)8-11/h11-13,18H,4-10H2,1-3H3. The quantitative estimate of drug-likeness (QED) is 0.914. The average molecular weight is 305 g/mol. The first-order valence-corrected chi connectivity index (χ1v) is 9.32. The van der Waals surface area contributed by atoms with Gasteiger partial charge in [-0.15, -0.1) is 11.3 Å². The largest absolute Gasteiger partial charge is 0.345 e. The van der Waals surface area contributed by atoms with Gasteiger partial charge in [-0.3, -0.25) is 0 Å². The molecule has 116 valence electrons. The van der Waals surface area contributed by atoms with E-state index in [4.69, 9.17) is 4.98 Å². The van der Waals surface area contributed by atoms with E-state index >= 15 is 0 Å². The summed E-state index contributed by atoms with van der Waals surface area (Å²) in [7, 11) is 0. The summed E-state index contributed by atoms with van der Waals surface area (Å²) in [6.45, 7) is 8.96. The SMILES string of the molecule is CC(C)(C)NCc1sc(N2CC3CCC2C3)nc1C1CC1. The van der Waals surface area contributed by atoms with Crippen LogP contribution in [0.5, 0.6) is 0 Å². The summed E-state index contributed by atoms with van der Waals surface area (Å²) >= 11 is 1.96. The fourth-order valence-electron chi connectivity index (χ4n) is 3.78. The van der Waals surface area contributed by atoms with Crippen LogP contribution in [-0.2, 0) is 6.54 Å². The Balaban J connectivity index is 1.55. The smallest absolute Gasteiger partial charge is 0.186 e. The molecule has 0 spiro atoms. The molecular formula is C17H27N3S. The molecule has 1 aromatic heterocycles. The lowest BCUT2D eigenvalue weighted by Crippen LogP contribution is -2.35. The molecule has 2 saturated carbocycles. The third-order valence-electron chi connectivity index (χ3n) is 5.11. The van der Waals surface area contributed by atoms with Crippen molar-refractivity contribution in [2.24, 2.45) is 5.92 Å². The van der Waals surface area contributed by atoms with Gasteiger partial charge in [-0.1, -0.05) is 0 Å². The van der Waals surface area contributed by atoms with Crippen molar-refractivity contribution in [1.82, 2.24) is 10.3 Å². The Labute approximate surface area is 132 Å². The molecule has 1 N–H and O–H groups in total. The zero-order valence-electron chi connectivity index (χ0n) is 13.5. The second-order valence-electron chi connectivity index (χ2n) is 8.17. The first kappa shape index (κ1) is 14.0. The van der Waals surface area contributed by atoms with Crippen LogP contribution in [0.15, 0.2) is 0 Å². The maximum absolute atomic E-state index is 5.08. The van der Waals surface area contributed by atoms with E-state index in [0.29, 0.717) is 0 Å². The summed E-state index contributed by atoms with van der Waals surface area (Å²) in [5.41, 5.74) is 1.59. The van der Waals surface area contributed by atoms with Crippen molar-refractivity contribution in [2.45, 2.75) is 76.9 Å². The molecule has 3 aliphatic rings. The summed E-state index contributed by atoms with van der Waals surface area (Å²) in [6.07, 6.45) is 6.93. The highest BCUT2D eigenvalue weighted by Crippen LogP contribution is 2.47. The first-order valence-electron chi connectivity index (χ1n) is 8.51. The number of nitrogens with zero attached hydrogens (tertiary/aromatic N) is 2. The minimum Gasteiger partial charge on any atom is -0.345 e. The van der Waals surface area contributed by atoms with E-state index in [1.165, 1.54) is 54.4 Å². The number of aromatic nitrogens is 1. The number of hydrogen-bond donors (Lipinski definition) is 1. The third-order valence-corrected chi connectivity index (χ3v) is 6.22. The molecule has 0 amide bonds. The van der Waals surface area contributed by atoms with Gasteiger partial charge in [0.25, 0.3) is 0 Å². The molecular weight excluding hydrogens is 278 g/mol. The molecule has 2 unspecified atom stereocenters. The van der Waals surface area contributed by atoms with Gasteiger partial charge in [0.15, 0.2) is 5.13 Å². The van der Waals surface area contributed by atoms with E-state index in [0.717, 1.165) is 24.4 Å². The normalized spacial score (nSPS) is 28.6. The molecule has 2 heterocycles. The molecule has 2 atom stereocenters. The van der Waals surface area contributed by atoms with Crippen molar-refractivity contribution < 1.29 is 0 Å². The van der Waals surface area contributed by atoms with Crippen molar-refractivity contribution in [3.63, 3.8) is 0 Å². The molecule has 0 radical (unpaired) electrons. The second-order valence-corrected chi connectivity index (χ2v) is 9.23. The Morgan fingerprint density at radius 3 is 2.62 bits per heavy atom. The van der Waals surface area contributed by atoms with Crippen LogP contribution in [0.2, 0.25) is 0 Å². The first-order chi connectivity index (χ1) is 9.99. The monoisotopic (exact) mass is 305 g/mol. The number of rotatable bonds is 4. The van der Waals surface area contributed by atoms with Crippen LogP contribution in [0.4, 0.5) is 5.13 Å². The molecule has 1 aromatic rings. The number of hydrogen-bond acceptors (Lipinski definition) is 4. The maximum Gasteiger partial charge on any atom is 0.186 e. The Morgan fingerprint density at radius 1 is 1.24 bits per heavy atom. The van der Waals surface area contributed by atoms with Gasteiger partial charge in [-0.25, -0.2) is 4.98 Å². The second kappa shape index (κ2) is 4.95. The van der Waals surface area contributed by atoms with E-state index in [2.05, 4.69) is 31.0 Å². The molecule has 4 rings (SSSR count). The zero-order chi connectivity index (χ0) is 14.6. The Hall–Kier alpha value is -0.610. The third kappa shape index (κ3) is 2.85. The number of piperidine rings is 1. The molecule has 1 aliphatic heterocycles. The van der Waals surface area contributed by atoms with Gasteiger partial charge in [-0.2, -0.15) is 0 Å². The van der Waals surface area contributed by atoms with Gasteiger partial charge in [0, 0.05) is 35.5 Å². The Kier molecular flexibility index (Phi) is 3.30. The predicted octanol–water partition coefficient (Wildman–Crippen LogP) is 3.90. The van der Waals surface area contributed by atoms with Crippen molar-refractivity contribution in [2.75, 3.05) is 11.4 Å². The highest BCUT2D eigenvalue weighted by Gasteiger charge is 2.40. The van der Waals surface area contributed by atoms with E-state index in [-0.39, 0.29) is 5.54 Å². The van der Waals surface area contributed by atoms with Crippen LogP contribution in [0, 0.1) is 5.92 Å². The molecule has 4 heteroatoms. The number of fused-ring (bicyclic) bond motifs is 2. The molecule has 2 bridgehead atoms. The van der Waals surface area contributed by atoms with Crippen molar-refractivity contribution in [1.29, 1.82) is 0 Å². The highest BCUT2D eigenvalue weighted by molar-refractivity contribution is 7.15. The molecule has 1 saturated heterocycles. The fraction of sp³-hybridized carbons (Fsp3) is 0.824. The van der Waals surface area contributed by atoms with Crippen LogP contribution in [-0.4, -0.2) is 23.1 Å². The van der Waals surface area contributed by atoms with Gasteiger partial charge < -0.3 is 10.2 Å². The number of thiazole rings is 1. The minimum atomic E-state index is 0.178. The average Bonchev–Trinajstić information content (AvgIpc) is 2.88. The lowest BCUT2D eigenvalue weighted by Gasteiger charge is -2.26. The van der Waals surface area contributed by atoms with E-state index < -0.39 is 0 Å². The summed E-state index contributed by atoms with van der Waals surface area (Å²) in [5, 5.41) is 4.97. The molecule has 3 nitrogen and oxygen atoms in total. The summed E-state index contributed by atoms with van der Waals surface area (Å²) in [4.78, 5) is 9.19. The molecule has 0 aromatic carbocycles. The van der Waals surface area contributed by atoms with Gasteiger partial charge in [0.05, 0.1) is 5.69 Å². The van der Waals surface area contributed by atoms with Gasteiger partial charge >= 0.3 is 0 Å². The highest BCUT2D eigenvalue weighted by atomic mass is 32.1. The lowest BCUT2D eigenvalue weighted by atomic mass is 10.1. The van der Waals surface area contributed by atoms with Crippen LogP contribution in [0.3, 0.4) is 0 Å². The summed E-state index contributed by atoms with van der Waals surface area (Å²) < 4.78 is 0. The van der Waals surface area contributed by atoms with Gasteiger partial charge in [0.1, 0.15) is 0 Å². The summed E-state index contributed by atoms with van der Waals surface area (Å²) in [6, 6.07) is 0.789. The van der Waals surface area contributed by atoms with Crippen molar-refractivity contribution in [3.05, 3.63) is 10.6 Å². The molecule has 3 fully saturated rings. The predicted molar refractivity (Wildman–Crippen MR) is 89.2 cm³/mol. The van der Waals surface area contributed by atoms with E-state index in [9.17, 15) is 0 Å². The maximum atomic E-state index is 5.08. The van der Waals surface area contributed by atoms with Crippen LogP contribution in [0.1, 0.15) is 69.4 Å². The van der Waals surface area contributed by atoms with Crippen molar-refractivity contribution >= 4 is 16.5 Å². The summed E-state index contributed by atoms with van der Waals surface area (Å²) in [5.74, 6) is 1.70. The lowest BCUT2D eigenvalue weighted by molar-refractivity contribution is 0.425. The van der Waals surface area contributed by atoms with E-state index in [1.54, 1.807) is 0 Å². The van der Waals surface area contributed by atoms with Gasteiger partial charge in [0.2, 0.25) is 0 Å².